The summed E-state index contributed by atoms with van der Waals surface area (Å²) in [7, 11) is -3.57. The molecule has 31 heavy (non-hydrogen) atoms. The Morgan fingerprint density at radius 2 is 1.68 bits per heavy atom. The fourth-order valence-corrected chi connectivity index (χ4v) is 5.28. The molecule has 0 heterocycles. The second-order valence-electron chi connectivity index (χ2n) is 7.34. The minimum absolute atomic E-state index is 0.170. The van der Waals surface area contributed by atoms with Crippen LogP contribution in [0.4, 0.5) is 5.69 Å². The number of carbonyl (C=O) groups is 1. The van der Waals surface area contributed by atoms with Gasteiger partial charge in [0.1, 0.15) is 5.75 Å². The highest BCUT2D eigenvalue weighted by molar-refractivity contribution is 7.99. The van der Waals surface area contributed by atoms with E-state index in [1.807, 2.05) is 32.9 Å². The van der Waals surface area contributed by atoms with Gasteiger partial charge in [-0.3, -0.25) is 4.79 Å². The van der Waals surface area contributed by atoms with Gasteiger partial charge >= 0.3 is 0 Å². The van der Waals surface area contributed by atoms with Crippen molar-refractivity contribution < 1.29 is 17.9 Å². The topological polar surface area (TPSA) is 75.7 Å². The van der Waals surface area contributed by atoms with Gasteiger partial charge in [0.15, 0.2) is 0 Å². The zero-order chi connectivity index (χ0) is 23.0. The second kappa shape index (κ2) is 11.5. The molecule has 170 valence electrons. The van der Waals surface area contributed by atoms with E-state index in [1.165, 1.54) is 22.1 Å². The largest absolute Gasteiger partial charge is 0.493 e. The van der Waals surface area contributed by atoms with Crippen LogP contribution in [0, 0.1) is 20.8 Å². The molecule has 0 unspecified atom stereocenters. The minimum atomic E-state index is -3.57. The molecule has 0 spiro atoms. The molecular formula is C23H32N2O4S2. The lowest BCUT2D eigenvalue weighted by atomic mass is 10.1. The first-order valence-electron chi connectivity index (χ1n) is 10.4. The third-order valence-corrected chi connectivity index (χ3v) is 7.72. The van der Waals surface area contributed by atoms with Crippen LogP contribution in [0.3, 0.4) is 0 Å². The predicted octanol–water partition coefficient (Wildman–Crippen LogP) is 4.39. The Morgan fingerprint density at radius 3 is 2.29 bits per heavy atom. The first kappa shape index (κ1) is 25.2. The number of amides is 1. The monoisotopic (exact) mass is 464 g/mol. The maximum absolute atomic E-state index is 12.7. The predicted molar refractivity (Wildman–Crippen MR) is 129 cm³/mol. The van der Waals surface area contributed by atoms with Crippen LogP contribution >= 0.6 is 11.8 Å². The molecule has 0 aliphatic carbocycles. The van der Waals surface area contributed by atoms with Crippen LogP contribution in [0.5, 0.6) is 5.75 Å². The Hall–Kier alpha value is -2.03. The number of hydrogen-bond acceptors (Lipinski definition) is 5. The number of sulfonamides is 1. The SMILES string of the molecule is CCN(CC)S(=O)(=O)c1ccc(C)c(NC(=O)CSCCOc2cc(C)cc(C)c2)c1. The molecule has 0 fully saturated rings. The smallest absolute Gasteiger partial charge is 0.243 e. The van der Waals surface area contributed by atoms with Crippen molar-refractivity contribution in [2.45, 2.75) is 39.5 Å². The van der Waals surface area contributed by atoms with E-state index < -0.39 is 10.0 Å². The van der Waals surface area contributed by atoms with E-state index in [0.717, 1.165) is 22.4 Å². The molecule has 0 aromatic heterocycles. The van der Waals surface area contributed by atoms with Crippen LogP contribution in [0.15, 0.2) is 41.3 Å². The van der Waals surface area contributed by atoms with Crippen molar-refractivity contribution in [3.8, 4) is 5.75 Å². The Kier molecular flexibility index (Phi) is 9.40. The van der Waals surface area contributed by atoms with Crippen LogP contribution < -0.4 is 10.1 Å². The molecule has 1 N–H and O–H groups in total. The minimum Gasteiger partial charge on any atom is -0.493 e. The van der Waals surface area contributed by atoms with Crippen molar-refractivity contribution in [2.75, 3.05) is 36.5 Å². The van der Waals surface area contributed by atoms with Crippen LogP contribution in [-0.2, 0) is 14.8 Å². The molecule has 0 aliphatic rings. The Balaban J connectivity index is 1.89. The fraction of sp³-hybridized carbons (Fsp3) is 0.435. The van der Waals surface area contributed by atoms with Crippen LogP contribution in [0.1, 0.15) is 30.5 Å². The van der Waals surface area contributed by atoms with Crippen molar-refractivity contribution in [1.29, 1.82) is 0 Å². The maximum Gasteiger partial charge on any atom is 0.243 e. The number of thioether (sulfide) groups is 1. The summed E-state index contributed by atoms with van der Waals surface area (Å²) in [5.41, 5.74) is 3.64. The van der Waals surface area contributed by atoms with Gasteiger partial charge in [0, 0.05) is 24.5 Å². The summed E-state index contributed by atoms with van der Waals surface area (Å²) in [4.78, 5) is 12.5. The molecule has 1 amide bonds. The van der Waals surface area contributed by atoms with E-state index in [9.17, 15) is 13.2 Å². The van der Waals surface area contributed by atoms with Gasteiger partial charge in [0.05, 0.1) is 17.3 Å². The quantitative estimate of drug-likeness (QED) is 0.499. The molecule has 0 aliphatic heterocycles. The number of carbonyl (C=O) groups excluding carboxylic acids is 1. The number of nitrogens with one attached hydrogen (secondary N) is 1. The van der Waals surface area contributed by atoms with Gasteiger partial charge in [0.2, 0.25) is 15.9 Å². The van der Waals surface area contributed by atoms with Crippen molar-refractivity contribution in [1.82, 2.24) is 4.31 Å². The summed E-state index contributed by atoms with van der Waals surface area (Å²) in [5, 5.41) is 2.84. The van der Waals surface area contributed by atoms with Gasteiger partial charge in [0.25, 0.3) is 0 Å². The highest BCUT2D eigenvalue weighted by Crippen LogP contribution is 2.23. The molecule has 0 saturated carbocycles. The van der Waals surface area contributed by atoms with E-state index in [1.54, 1.807) is 26.0 Å². The Bertz CT molecular complexity index is 982. The number of aryl methyl sites for hydroxylation is 3. The number of nitrogens with zero attached hydrogens (tertiary/aromatic N) is 1. The Morgan fingerprint density at radius 1 is 1.03 bits per heavy atom. The van der Waals surface area contributed by atoms with Gasteiger partial charge in [-0.1, -0.05) is 26.0 Å². The van der Waals surface area contributed by atoms with E-state index in [2.05, 4.69) is 11.4 Å². The summed E-state index contributed by atoms with van der Waals surface area (Å²) in [6.45, 7) is 10.8. The van der Waals surface area contributed by atoms with Gasteiger partial charge in [-0.2, -0.15) is 4.31 Å². The van der Waals surface area contributed by atoms with E-state index in [-0.39, 0.29) is 16.6 Å². The molecule has 0 radical (unpaired) electrons. The molecular weight excluding hydrogens is 432 g/mol. The highest BCUT2D eigenvalue weighted by atomic mass is 32.2. The summed E-state index contributed by atoms with van der Waals surface area (Å²) >= 11 is 1.47. The zero-order valence-electron chi connectivity index (χ0n) is 18.9. The van der Waals surface area contributed by atoms with Crippen LogP contribution in [-0.4, -0.2) is 49.8 Å². The molecule has 8 heteroatoms. The first-order chi connectivity index (χ1) is 14.7. The van der Waals surface area contributed by atoms with Crippen LogP contribution in [0.25, 0.3) is 0 Å². The maximum atomic E-state index is 12.7. The average molecular weight is 465 g/mol. The summed E-state index contributed by atoms with van der Waals surface area (Å²) in [6, 6.07) is 10.9. The first-order valence-corrected chi connectivity index (χ1v) is 13.0. The Labute approximate surface area is 190 Å². The summed E-state index contributed by atoms with van der Waals surface area (Å²) < 4.78 is 32.6. The number of ether oxygens (including phenoxy) is 1. The third kappa shape index (κ3) is 7.26. The van der Waals surface area contributed by atoms with Gasteiger partial charge in [-0.25, -0.2) is 8.42 Å². The fourth-order valence-electron chi connectivity index (χ4n) is 3.19. The van der Waals surface area contributed by atoms with Crippen molar-refractivity contribution in [3.63, 3.8) is 0 Å². The lowest BCUT2D eigenvalue weighted by Crippen LogP contribution is -2.30. The summed E-state index contributed by atoms with van der Waals surface area (Å²) in [6.07, 6.45) is 0. The molecule has 6 nitrogen and oxygen atoms in total. The number of hydrogen-bond donors (Lipinski definition) is 1. The number of anilines is 1. The normalized spacial score (nSPS) is 11.5. The summed E-state index contributed by atoms with van der Waals surface area (Å²) in [5.74, 6) is 1.61. The van der Waals surface area contributed by atoms with E-state index in [0.29, 0.717) is 31.1 Å². The lowest BCUT2D eigenvalue weighted by molar-refractivity contribution is -0.113. The van der Waals surface area contributed by atoms with Crippen molar-refractivity contribution in [3.05, 3.63) is 53.1 Å². The molecule has 2 aromatic rings. The van der Waals surface area contributed by atoms with Gasteiger partial charge < -0.3 is 10.1 Å². The molecule has 0 saturated heterocycles. The average Bonchev–Trinajstić information content (AvgIpc) is 2.69. The van der Waals surface area contributed by atoms with E-state index >= 15 is 0 Å². The van der Waals surface area contributed by atoms with E-state index in [4.69, 9.17) is 4.74 Å². The molecule has 2 rings (SSSR count). The third-order valence-electron chi connectivity index (χ3n) is 4.75. The molecule has 2 aromatic carbocycles. The lowest BCUT2D eigenvalue weighted by Gasteiger charge is -2.19. The molecule has 0 atom stereocenters. The standard InChI is InChI=1S/C23H32N2O4S2/c1-6-25(7-2)31(27,28)21-9-8-19(5)22(15-21)24-23(26)16-30-11-10-29-20-13-17(3)12-18(4)14-20/h8-9,12-15H,6-7,10-11,16H2,1-5H3,(H,24,26). The highest BCUT2D eigenvalue weighted by Gasteiger charge is 2.22. The number of rotatable bonds is 11. The molecule has 0 bridgehead atoms. The zero-order valence-corrected chi connectivity index (χ0v) is 20.5. The van der Waals surface area contributed by atoms with Gasteiger partial charge in [-0.05, 0) is 61.7 Å². The van der Waals surface area contributed by atoms with Crippen molar-refractivity contribution >= 4 is 33.4 Å². The van der Waals surface area contributed by atoms with Gasteiger partial charge in [-0.15, -0.1) is 11.8 Å². The second-order valence-corrected chi connectivity index (χ2v) is 10.4. The number of benzene rings is 2. The van der Waals surface area contributed by atoms with Crippen LogP contribution in [0.2, 0.25) is 0 Å². The van der Waals surface area contributed by atoms with Crippen molar-refractivity contribution in [2.24, 2.45) is 0 Å².